The van der Waals surface area contributed by atoms with Crippen LogP contribution in [-0.2, 0) is 0 Å². The molecule has 0 fully saturated rings. The molecule has 12 heavy (non-hydrogen) atoms. The standard InChI is InChI=1S/C9H12NOSi/c1-4-5(2)8(11)9(12)6(3)7(4)10/h11H,10H2,1-3H3. The van der Waals surface area contributed by atoms with Gasteiger partial charge >= 0.3 is 0 Å². The van der Waals surface area contributed by atoms with E-state index in [1.165, 1.54) is 0 Å². The lowest BCUT2D eigenvalue weighted by molar-refractivity contribution is 0.474. The molecule has 0 aliphatic heterocycles. The van der Waals surface area contributed by atoms with Gasteiger partial charge in [-0.1, -0.05) is 0 Å². The van der Waals surface area contributed by atoms with Gasteiger partial charge < -0.3 is 10.8 Å². The van der Waals surface area contributed by atoms with E-state index in [4.69, 9.17) is 5.73 Å². The fraction of sp³-hybridized carbons (Fsp3) is 0.333. The highest BCUT2D eigenvalue weighted by Gasteiger charge is 2.10. The minimum absolute atomic E-state index is 0.288. The van der Waals surface area contributed by atoms with Crippen molar-refractivity contribution < 1.29 is 5.11 Å². The van der Waals surface area contributed by atoms with Crippen LogP contribution in [0.3, 0.4) is 0 Å². The van der Waals surface area contributed by atoms with Gasteiger partial charge in [0.25, 0.3) is 0 Å². The maximum Gasteiger partial charge on any atom is 0.117 e. The number of hydrogen-bond acceptors (Lipinski definition) is 2. The SMILES string of the molecule is Cc1c(C)c(O)c([Si])c(C)c1N. The van der Waals surface area contributed by atoms with Crippen molar-refractivity contribution in [2.24, 2.45) is 0 Å². The van der Waals surface area contributed by atoms with E-state index in [0.29, 0.717) is 5.19 Å². The van der Waals surface area contributed by atoms with Crippen molar-refractivity contribution in [1.29, 1.82) is 0 Å². The fourth-order valence-electron chi connectivity index (χ4n) is 1.16. The molecule has 1 rings (SSSR count). The number of phenolic OH excluding ortho intramolecular Hbond substituents is 1. The van der Waals surface area contributed by atoms with Gasteiger partial charge in [-0.05, 0) is 42.6 Å². The maximum absolute atomic E-state index is 9.59. The smallest absolute Gasteiger partial charge is 0.117 e. The predicted molar refractivity (Wildman–Crippen MR) is 52.1 cm³/mol. The van der Waals surface area contributed by atoms with E-state index in [1.54, 1.807) is 0 Å². The number of hydrogen-bond donors (Lipinski definition) is 2. The third-order valence-electron chi connectivity index (χ3n) is 2.34. The Morgan fingerprint density at radius 1 is 1.08 bits per heavy atom. The quantitative estimate of drug-likeness (QED) is 0.349. The average Bonchev–Trinajstić information content (AvgIpc) is 2.08. The third-order valence-corrected chi connectivity index (χ3v) is 2.95. The van der Waals surface area contributed by atoms with Gasteiger partial charge in [-0.3, -0.25) is 0 Å². The second kappa shape index (κ2) is 2.82. The number of rotatable bonds is 0. The first-order chi connectivity index (χ1) is 5.46. The van der Waals surface area contributed by atoms with Crippen LogP contribution in [0.1, 0.15) is 16.7 Å². The molecule has 0 saturated carbocycles. The Morgan fingerprint density at radius 2 is 1.58 bits per heavy atom. The molecule has 0 bridgehead atoms. The summed E-state index contributed by atoms with van der Waals surface area (Å²) in [6.07, 6.45) is 0. The Morgan fingerprint density at radius 3 is 2.08 bits per heavy atom. The molecule has 63 valence electrons. The second-order valence-corrected chi connectivity index (χ2v) is 3.51. The molecule has 0 aliphatic rings. The molecule has 3 heteroatoms. The number of benzene rings is 1. The molecule has 3 radical (unpaired) electrons. The Balaban J connectivity index is 3.60. The van der Waals surface area contributed by atoms with Gasteiger partial charge in [0.05, 0.1) is 10.2 Å². The van der Waals surface area contributed by atoms with E-state index in [-0.39, 0.29) is 5.75 Å². The number of aromatic hydroxyl groups is 1. The number of phenols is 1. The summed E-state index contributed by atoms with van der Waals surface area (Å²) in [5, 5.41) is 10.3. The van der Waals surface area contributed by atoms with Crippen LogP contribution in [0.2, 0.25) is 0 Å². The van der Waals surface area contributed by atoms with Crippen molar-refractivity contribution in [3.05, 3.63) is 16.7 Å². The maximum atomic E-state index is 9.59. The van der Waals surface area contributed by atoms with Gasteiger partial charge in [0.1, 0.15) is 5.75 Å². The average molecular weight is 178 g/mol. The van der Waals surface area contributed by atoms with Crippen LogP contribution in [0, 0.1) is 20.8 Å². The summed E-state index contributed by atoms with van der Waals surface area (Å²) >= 11 is 0. The first kappa shape index (κ1) is 9.13. The van der Waals surface area contributed by atoms with E-state index in [0.717, 1.165) is 22.4 Å². The van der Waals surface area contributed by atoms with Crippen LogP contribution in [0.4, 0.5) is 5.69 Å². The number of anilines is 1. The molecule has 0 unspecified atom stereocenters. The molecule has 1 aromatic rings. The van der Waals surface area contributed by atoms with Crippen LogP contribution in [0.5, 0.6) is 5.75 Å². The second-order valence-electron chi connectivity index (χ2n) is 3.01. The fourth-order valence-corrected chi connectivity index (χ4v) is 1.48. The summed E-state index contributed by atoms with van der Waals surface area (Å²) in [6, 6.07) is 0. The van der Waals surface area contributed by atoms with Crippen LogP contribution in [0.15, 0.2) is 0 Å². The summed E-state index contributed by atoms with van der Waals surface area (Å²) < 4.78 is 0. The van der Waals surface area contributed by atoms with Crippen LogP contribution < -0.4 is 10.9 Å². The molecule has 0 saturated heterocycles. The zero-order chi connectivity index (χ0) is 9.46. The molecule has 0 atom stereocenters. The van der Waals surface area contributed by atoms with E-state index in [1.807, 2.05) is 20.8 Å². The van der Waals surface area contributed by atoms with E-state index < -0.39 is 0 Å². The van der Waals surface area contributed by atoms with Crippen molar-refractivity contribution in [1.82, 2.24) is 0 Å². The van der Waals surface area contributed by atoms with Gasteiger partial charge in [-0.2, -0.15) is 0 Å². The topological polar surface area (TPSA) is 46.2 Å². The Hall–Kier alpha value is -0.963. The minimum Gasteiger partial charge on any atom is -0.508 e. The molecule has 0 aliphatic carbocycles. The summed E-state index contributed by atoms with van der Waals surface area (Å²) in [5.74, 6) is 0.288. The van der Waals surface area contributed by atoms with Gasteiger partial charge in [0.2, 0.25) is 0 Å². The van der Waals surface area contributed by atoms with Crippen molar-refractivity contribution in [2.75, 3.05) is 5.73 Å². The summed E-state index contributed by atoms with van der Waals surface area (Å²) in [7, 11) is 3.34. The van der Waals surface area contributed by atoms with Gasteiger partial charge in [-0.15, -0.1) is 0 Å². The highest BCUT2D eigenvalue weighted by atomic mass is 28.1. The number of nitrogens with two attached hydrogens (primary N) is 1. The molecule has 2 nitrogen and oxygen atoms in total. The van der Waals surface area contributed by atoms with E-state index in [9.17, 15) is 5.11 Å². The summed E-state index contributed by atoms with van der Waals surface area (Å²) in [5.41, 5.74) is 9.24. The molecule has 0 heterocycles. The Kier molecular flexibility index (Phi) is 2.15. The summed E-state index contributed by atoms with van der Waals surface area (Å²) in [4.78, 5) is 0. The van der Waals surface area contributed by atoms with Crippen molar-refractivity contribution in [3.63, 3.8) is 0 Å². The molecule has 1 aromatic carbocycles. The summed E-state index contributed by atoms with van der Waals surface area (Å²) in [6.45, 7) is 5.64. The normalized spacial score (nSPS) is 10.3. The monoisotopic (exact) mass is 178 g/mol. The largest absolute Gasteiger partial charge is 0.508 e. The van der Waals surface area contributed by atoms with Crippen LogP contribution in [-0.4, -0.2) is 15.3 Å². The molecular weight excluding hydrogens is 166 g/mol. The minimum atomic E-state index is 0.288. The van der Waals surface area contributed by atoms with Gasteiger partial charge in [0, 0.05) is 5.69 Å². The lowest BCUT2D eigenvalue weighted by Gasteiger charge is -2.13. The van der Waals surface area contributed by atoms with E-state index in [2.05, 4.69) is 10.2 Å². The van der Waals surface area contributed by atoms with Crippen LogP contribution in [0.25, 0.3) is 0 Å². The first-order valence-electron chi connectivity index (χ1n) is 3.76. The number of nitrogen functional groups attached to an aromatic ring is 1. The molecular formula is C9H12NOSi. The van der Waals surface area contributed by atoms with E-state index >= 15 is 0 Å². The van der Waals surface area contributed by atoms with Gasteiger partial charge in [-0.25, -0.2) is 0 Å². The molecule has 0 spiro atoms. The lowest BCUT2D eigenvalue weighted by Crippen LogP contribution is -2.13. The van der Waals surface area contributed by atoms with Crippen LogP contribution >= 0.6 is 0 Å². The zero-order valence-electron chi connectivity index (χ0n) is 7.52. The van der Waals surface area contributed by atoms with Crippen molar-refractivity contribution in [2.45, 2.75) is 20.8 Å². The first-order valence-corrected chi connectivity index (χ1v) is 4.26. The molecule has 0 aromatic heterocycles. The lowest BCUT2D eigenvalue weighted by atomic mass is 10.0. The third kappa shape index (κ3) is 1.10. The van der Waals surface area contributed by atoms with Crippen molar-refractivity contribution in [3.8, 4) is 5.75 Å². The van der Waals surface area contributed by atoms with Gasteiger partial charge in [0.15, 0.2) is 0 Å². The highest BCUT2D eigenvalue weighted by Crippen LogP contribution is 2.25. The Bertz CT molecular complexity index is 229. The highest BCUT2D eigenvalue weighted by molar-refractivity contribution is 6.36. The Labute approximate surface area is 75.8 Å². The zero-order valence-corrected chi connectivity index (χ0v) is 8.52. The molecule has 3 N–H and O–H groups in total. The molecule has 0 amide bonds. The van der Waals surface area contributed by atoms with Crippen molar-refractivity contribution >= 4 is 21.1 Å². The predicted octanol–water partition coefficient (Wildman–Crippen LogP) is 0.693.